The highest BCUT2D eigenvalue weighted by molar-refractivity contribution is 6.38. The SMILES string of the molecule is Nc1cc(C(=O)C2CCCO2)n(-c2c(Cl)cc(C(F)(F)F)cc2Cl)n1. The first-order chi connectivity index (χ1) is 11.7. The van der Waals surface area contributed by atoms with Gasteiger partial charge in [0.25, 0.3) is 0 Å². The van der Waals surface area contributed by atoms with Gasteiger partial charge in [-0.15, -0.1) is 5.10 Å². The number of rotatable bonds is 3. The number of nitrogens with two attached hydrogens (primary N) is 1. The minimum atomic E-state index is -4.61. The first-order valence-electron chi connectivity index (χ1n) is 7.26. The lowest BCUT2D eigenvalue weighted by molar-refractivity contribution is -0.137. The first kappa shape index (κ1) is 18.0. The molecule has 0 bridgehead atoms. The zero-order valence-electron chi connectivity index (χ0n) is 12.6. The zero-order valence-corrected chi connectivity index (χ0v) is 14.1. The number of alkyl halides is 3. The summed E-state index contributed by atoms with van der Waals surface area (Å²) in [6, 6.07) is 2.76. The van der Waals surface area contributed by atoms with Crippen LogP contribution in [0, 0.1) is 0 Å². The Bertz CT molecular complexity index is 807. The molecule has 2 heterocycles. The number of carbonyl (C=O) groups excluding carboxylic acids is 1. The molecule has 1 aliphatic rings. The highest BCUT2D eigenvalue weighted by Gasteiger charge is 2.33. The van der Waals surface area contributed by atoms with Crippen molar-refractivity contribution in [3.8, 4) is 5.69 Å². The third-order valence-electron chi connectivity index (χ3n) is 3.76. The van der Waals surface area contributed by atoms with Crippen LogP contribution in [0.15, 0.2) is 18.2 Å². The quantitative estimate of drug-likeness (QED) is 0.795. The molecule has 0 amide bonds. The number of hydrogen-bond acceptors (Lipinski definition) is 4. The second-order valence-electron chi connectivity index (χ2n) is 5.52. The topological polar surface area (TPSA) is 70.1 Å². The predicted octanol–water partition coefficient (Wildman–Crippen LogP) is 4.14. The Morgan fingerprint density at radius 2 is 1.92 bits per heavy atom. The molecule has 2 N–H and O–H groups in total. The number of Topliss-reactive ketones (excluding diaryl/α,β-unsaturated/α-hetero) is 1. The van der Waals surface area contributed by atoms with Crippen molar-refractivity contribution in [2.75, 3.05) is 12.3 Å². The summed E-state index contributed by atoms with van der Waals surface area (Å²) in [5.74, 6) is -0.373. The lowest BCUT2D eigenvalue weighted by Crippen LogP contribution is -2.23. The molecule has 1 aliphatic heterocycles. The average Bonchev–Trinajstić information content (AvgIpc) is 3.14. The summed E-state index contributed by atoms with van der Waals surface area (Å²) in [5.41, 5.74) is 4.66. The Balaban J connectivity index is 2.10. The molecule has 1 atom stereocenters. The highest BCUT2D eigenvalue weighted by Crippen LogP contribution is 2.38. The van der Waals surface area contributed by atoms with Gasteiger partial charge < -0.3 is 10.5 Å². The van der Waals surface area contributed by atoms with Gasteiger partial charge in [-0.3, -0.25) is 4.79 Å². The molecule has 1 saturated heterocycles. The molecule has 10 heteroatoms. The van der Waals surface area contributed by atoms with Gasteiger partial charge in [0.1, 0.15) is 23.3 Å². The number of ether oxygens (including phenoxy) is 1. The predicted molar refractivity (Wildman–Crippen MR) is 86.3 cm³/mol. The molecule has 0 aliphatic carbocycles. The Labute approximate surface area is 150 Å². The third-order valence-corrected chi connectivity index (χ3v) is 4.34. The number of hydrogen-bond donors (Lipinski definition) is 1. The number of nitrogens with zero attached hydrogens (tertiary/aromatic N) is 2. The van der Waals surface area contributed by atoms with Crippen molar-refractivity contribution in [2.45, 2.75) is 25.1 Å². The normalized spacial score (nSPS) is 17.9. The number of anilines is 1. The molecule has 1 aromatic carbocycles. The fraction of sp³-hybridized carbons (Fsp3) is 0.333. The standard InChI is InChI=1S/C15H12Cl2F3N3O2/c16-8-4-7(15(18,19)20)5-9(17)13(8)23-10(6-12(21)22-23)14(24)11-2-1-3-25-11/h4-6,11H,1-3H2,(H2,21,22). The number of nitrogen functional groups attached to an aromatic ring is 1. The maximum absolute atomic E-state index is 12.9. The van der Waals surface area contributed by atoms with Crippen molar-refractivity contribution >= 4 is 34.8 Å². The second kappa shape index (κ2) is 6.51. The number of carbonyl (C=O) groups is 1. The third kappa shape index (κ3) is 3.47. The lowest BCUT2D eigenvalue weighted by atomic mass is 10.1. The van der Waals surface area contributed by atoms with Crippen LogP contribution in [0.3, 0.4) is 0 Å². The van der Waals surface area contributed by atoms with Crippen molar-refractivity contribution in [2.24, 2.45) is 0 Å². The molecule has 3 rings (SSSR count). The van der Waals surface area contributed by atoms with E-state index in [-0.39, 0.29) is 33.0 Å². The molecule has 1 unspecified atom stereocenters. The van der Waals surface area contributed by atoms with Gasteiger partial charge in [-0.25, -0.2) is 4.68 Å². The molecule has 5 nitrogen and oxygen atoms in total. The number of benzene rings is 1. The average molecular weight is 394 g/mol. The van der Waals surface area contributed by atoms with E-state index in [9.17, 15) is 18.0 Å². The number of aromatic nitrogens is 2. The van der Waals surface area contributed by atoms with E-state index in [0.717, 1.165) is 23.2 Å². The Hall–Kier alpha value is -1.77. The number of halogens is 5. The van der Waals surface area contributed by atoms with Gasteiger partial charge in [0.05, 0.1) is 15.6 Å². The molecule has 2 aromatic rings. The van der Waals surface area contributed by atoms with Crippen LogP contribution in [0.1, 0.15) is 28.9 Å². The van der Waals surface area contributed by atoms with Gasteiger partial charge in [0.2, 0.25) is 5.78 Å². The van der Waals surface area contributed by atoms with Gasteiger partial charge in [0.15, 0.2) is 0 Å². The van der Waals surface area contributed by atoms with E-state index in [4.69, 9.17) is 33.7 Å². The van der Waals surface area contributed by atoms with Crippen molar-refractivity contribution < 1.29 is 22.7 Å². The van der Waals surface area contributed by atoms with Crippen molar-refractivity contribution in [1.29, 1.82) is 0 Å². The van der Waals surface area contributed by atoms with Gasteiger partial charge in [0, 0.05) is 12.7 Å². The molecule has 0 spiro atoms. The van der Waals surface area contributed by atoms with Crippen LogP contribution >= 0.6 is 23.2 Å². The second-order valence-corrected chi connectivity index (χ2v) is 6.33. The van der Waals surface area contributed by atoms with Crippen molar-refractivity contribution in [1.82, 2.24) is 9.78 Å². The fourth-order valence-corrected chi connectivity index (χ4v) is 3.27. The van der Waals surface area contributed by atoms with Gasteiger partial charge in [-0.1, -0.05) is 23.2 Å². The largest absolute Gasteiger partial charge is 0.416 e. The summed E-state index contributed by atoms with van der Waals surface area (Å²) >= 11 is 12.0. The molecule has 134 valence electrons. The first-order valence-corrected chi connectivity index (χ1v) is 8.02. The Morgan fingerprint density at radius 3 is 2.44 bits per heavy atom. The maximum Gasteiger partial charge on any atom is 0.416 e. The van der Waals surface area contributed by atoms with E-state index in [1.807, 2.05) is 0 Å². The summed E-state index contributed by atoms with van der Waals surface area (Å²) in [5, 5.41) is 3.35. The minimum Gasteiger partial charge on any atom is -0.382 e. The number of ketones is 1. The van der Waals surface area contributed by atoms with Crippen LogP contribution in [-0.4, -0.2) is 28.3 Å². The molecular weight excluding hydrogens is 382 g/mol. The van der Waals surface area contributed by atoms with Gasteiger partial charge in [-0.2, -0.15) is 13.2 Å². The summed E-state index contributed by atoms with van der Waals surface area (Å²) in [7, 11) is 0. The van der Waals surface area contributed by atoms with Crippen molar-refractivity contribution in [3.05, 3.63) is 39.5 Å². The van der Waals surface area contributed by atoms with E-state index in [0.29, 0.717) is 13.0 Å². The van der Waals surface area contributed by atoms with E-state index in [2.05, 4.69) is 5.10 Å². The van der Waals surface area contributed by atoms with E-state index < -0.39 is 17.8 Å². The lowest BCUT2D eigenvalue weighted by Gasteiger charge is -2.15. The van der Waals surface area contributed by atoms with Crippen LogP contribution < -0.4 is 5.73 Å². The smallest absolute Gasteiger partial charge is 0.382 e. The molecular formula is C15H12Cl2F3N3O2. The minimum absolute atomic E-state index is 0.00776. The maximum atomic E-state index is 12.9. The molecule has 25 heavy (non-hydrogen) atoms. The molecule has 1 fully saturated rings. The summed E-state index contributed by atoms with van der Waals surface area (Å²) in [4.78, 5) is 12.6. The molecule has 0 saturated carbocycles. The van der Waals surface area contributed by atoms with Crippen LogP contribution in [0.25, 0.3) is 5.69 Å². The zero-order chi connectivity index (χ0) is 18.4. The molecule has 0 radical (unpaired) electrons. The van der Waals surface area contributed by atoms with Crippen LogP contribution in [0.2, 0.25) is 10.0 Å². The fourth-order valence-electron chi connectivity index (χ4n) is 2.63. The van der Waals surface area contributed by atoms with Crippen LogP contribution in [-0.2, 0) is 10.9 Å². The van der Waals surface area contributed by atoms with Crippen molar-refractivity contribution in [3.63, 3.8) is 0 Å². The summed E-state index contributed by atoms with van der Waals surface area (Å²) in [6.45, 7) is 0.460. The van der Waals surface area contributed by atoms with E-state index in [1.165, 1.54) is 6.07 Å². The summed E-state index contributed by atoms with van der Waals surface area (Å²) < 4.78 is 45.0. The van der Waals surface area contributed by atoms with Gasteiger partial charge >= 0.3 is 6.18 Å². The van der Waals surface area contributed by atoms with Gasteiger partial charge in [-0.05, 0) is 25.0 Å². The summed E-state index contributed by atoms with van der Waals surface area (Å²) in [6.07, 6.45) is -3.98. The van der Waals surface area contributed by atoms with E-state index >= 15 is 0 Å². The highest BCUT2D eigenvalue weighted by atomic mass is 35.5. The van der Waals surface area contributed by atoms with E-state index in [1.54, 1.807) is 0 Å². The van der Waals surface area contributed by atoms with Crippen LogP contribution in [0.4, 0.5) is 19.0 Å². The Morgan fingerprint density at radius 1 is 1.28 bits per heavy atom. The molecule has 1 aromatic heterocycles. The van der Waals surface area contributed by atoms with Crippen LogP contribution in [0.5, 0.6) is 0 Å². The Kier molecular flexibility index (Phi) is 4.70. The monoisotopic (exact) mass is 393 g/mol.